The topological polar surface area (TPSA) is 86.8 Å². The monoisotopic (exact) mass is 249 g/mol. The largest absolute Gasteiger partial charge is 0.465 e. The molecule has 1 rings (SSSR count). The second-order valence-electron chi connectivity index (χ2n) is 3.02. The van der Waals surface area contributed by atoms with Crippen LogP contribution in [0, 0.1) is 22.7 Å². The summed E-state index contributed by atoms with van der Waals surface area (Å²) in [4.78, 5) is 15.3. The Morgan fingerprint density at radius 2 is 2.35 bits per heavy atom. The summed E-state index contributed by atoms with van der Waals surface area (Å²) < 4.78 is 4.75. The fourth-order valence-corrected chi connectivity index (χ4v) is 1.41. The molecule has 6 heteroatoms. The standard InChI is InChI=1S/C11H8ClN3O2/c1-2-17-11(16)9(4-13)8-3-7(12)6-15-10(8)5-14/h3,6,9H,2H2,1H3. The van der Waals surface area contributed by atoms with Gasteiger partial charge < -0.3 is 4.74 Å². The van der Waals surface area contributed by atoms with Crippen molar-refractivity contribution in [2.45, 2.75) is 12.8 Å². The molecule has 0 amide bonds. The molecule has 0 saturated heterocycles. The molecule has 0 aliphatic rings. The van der Waals surface area contributed by atoms with Crippen molar-refractivity contribution in [2.75, 3.05) is 6.61 Å². The number of rotatable bonds is 3. The van der Waals surface area contributed by atoms with Crippen LogP contribution in [-0.4, -0.2) is 17.6 Å². The smallest absolute Gasteiger partial charge is 0.328 e. The van der Waals surface area contributed by atoms with Gasteiger partial charge in [0, 0.05) is 11.8 Å². The average molecular weight is 250 g/mol. The van der Waals surface area contributed by atoms with Gasteiger partial charge in [-0.25, -0.2) is 4.98 Å². The number of hydrogen-bond acceptors (Lipinski definition) is 5. The molecule has 0 aliphatic heterocycles. The van der Waals surface area contributed by atoms with Gasteiger partial charge in [0.25, 0.3) is 0 Å². The quantitative estimate of drug-likeness (QED) is 0.762. The van der Waals surface area contributed by atoms with Crippen LogP contribution in [-0.2, 0) is 9.53 Å². The normalized spacial score (nSPS) is 11.1. The molecule has 0 spiro atoms. The van der Waals surface area contributed by atoms with Crippen molar-refractivity contribution in [2.24, 2.45) is 0 Å². The summed E-state index contributed by atoms with van der Waals surface area (Å²) >= 11 is 5.72. The Kier molecular flexibility index (Phi) is 4.45. The molecule has 0 bridgehead atoms. The highest BCUT2D eigenvalue weighted by Crippen LogP contribution is 2.22. The Morgan fingerprint density at radius 3 is 2.88 bits per heavy atom. The van der Waals surface area contributed by atoms with E-state index in [0.29, 0.717) is 0 Å². The predicted molar refractivity (Wildman–Crippen MR) is 58.9 cm³/mol. The summed E-state index contributed by atoms with van der Waals surface area (Å²) in [5, 5.41) is 18.1. The number of carbonyl (C=O) groups excluding carboxylic acids is 1. The zero-order valence-electron chi connectivity index (χ0n) is 8.98. The van der Waals surface area contributed by atoms with E-state index in [1.807, 2.05) is 0 Å². The van der Waals surface area contributed by atoms with Gasteiger partial charge in [0.05, 0.1) is 17.7 Å². The van der Waals surface area contributed by atoms with E-state index in [2.05, 4.69) is 4.98 Å². The third-order valence-electron chi connectivity index (χ3n) is 1.95. The van der Waals surface area contributed by atoms with Gasteiger partial charge in [-0.15, -0.1) is 0 Å². The van der Waals surface area contributed by atoms with Crippen molar-refractivity contribution >= 4 is 17.6 Å². The maximum Gasteiger partial charge on any atom is 0.328 e. The molecule has 0 radical (unpaired) electrons. The summed E-state index contributed by atoms with van der Waals surface area (Å²) in [7, 11) is 0. The fourth-order valence-electron chi connectivity index (χ4n) is 1.24. The maximum atomic E-state index is 11.5. The highest BCUT2D eigenvalue weighted by Gasteiger charge is 2.25. The molecule has 0 fully saturated rings. The summed E-state index contributed by atoms with van der Waals surface area (Å²) in [6.45, 7) is 1.79. The van der Waals surface area contributed by atoms with E-state index in [9.17, 15) is 4.79 Å². The van der Waals surface area contributed by atoms with Crippen molar-refractivity contribution in [3.8, 4) is 12.1 Å². The molecule has 86 valence electrons. The van der Waals surface area contributed by atoms with Gasteiger partial charge in [-0.3, -0.25) is 4.79 Å². The van der Waals surface area contributed by atoms with Crippen LogP contribution in [0.15, 0.2) is 12.3 Å². The molecule has 0 saturated carbocycles. The SMILES string of the molecule is CCOC(=O)C(C#N)c1cc(Cl)cnc1C#N. The van der Waals surface area contributed by atoms with E-state index in [0.717, 1.165) is 0 Å². The molecule has 0 aliphatic carbocycles. The van der Waals surface area contributed by atoms with Crippen molar-refractivity contribution < 1.29 is 9.53 Å². The zero-order valence-corrected chi connectivity index (χ0v) is 9.73. The lowest BCUT2D eigenvalue weighted by Crippen LogP contribution is -2.16. The molecule has 5 nitrogen and oxygen atoms in total. The molecule has 1 aromatic heterocycles. The van der Waals surface area contributed by atoms with Gasteiger partial charge in [-0.1, -0.05) is 11.6 Å². The first-order valence-corrected chi connectivity index (χ1v) is 5.13. The van der Waals surface area contributed by atoms with E-state index >= 15 is 0 Å². The maximum absolute atomic E-state index is 11.5. The molecule has 1 unspecified atom stereocenters. The predicted octanol–water partition coefficient (Wildman–Crippen LogP) is 1.78. The minimum Gasteiger partial charge on any atom is -0.465 e. The lowest BCUT2D eigenvalue weighted by Gasteiger charge is -2.09. The summed E-state index contributed by atoms with van der Waals surface area (Å²) in [6, 6.07) is 4.96. The molecular weight excluding hydrogens is 242 g/mol. The van der Waals surface area contributed by atoms with Crippen LogP contribution in [0.2, 0.25) is 5.02 Å². The van der Waals surface area contributed by atoms with Crippen LogP contribution in [0.3, 0.4) is 0 Å². The summed E-state index contributed by atoms with van der Waals surface area (Å²) in [5.41, 5.74) is 0.162. The third-order valence-corrected chi connectivity index (χ3v) is 2.16. The highest BCUT2D eigenvalue weighted by atomic mass is 35.5. The highest BCUT2D eigenvalue weighted by molar-refractivity contribution is 6.30. The number of hydrogen-bond donors (Lipinski definition) is 0. The van der Waals surface area contributed by atoms with E-state index in [1.165, 1.54) is 12.3 Å². The first-order valence-electron chi connectivity index (χ1n) is 4.75. The molecule has 0 N–H and O–H groups in total. The van der Waals surface area contributed by atoms with Gasteiger partial charge >= 0.3 is 5.97 Å². The van der Waals surface area contributed by atoms with Crippen LogP contribution >= 0.6 is 11.6 Å². The number of carbonyl (C=O) groups is 1. The lowest BCUT2D eigenvalue weighted by molar-refractivity contribution is -0.143. The number of esters is 1. The van der Waals surface area contributed by atoms with Gasteiger partial charge in [0.15, 0.2) is 5.92 Å². The van der Waals surface area contributed by atoms with Crippen molar-refractivity contribution in [1.29, 1.82) is 10.5 Å². The Morgan fingerprint density at radius 1 is 1.65 bits per heavy atom. The Hall–Kier alpha value is -2.11. The molecule has 1 heterocycles. The van der Waals surface area contributed by atoms with Crippen LogP contribution in [0.4, 0.5) is 0 Å². The number of pyridine rings is 1. The molecule has 0 aromatic carbocycles. The number of aromatic nitrogens is 1. The van der Waals surface area contributed by atoms with E-state index in [4.69, 9.17) is 26.9 Å². The molecule has 1 aromatic rings. The van der Waals surface area contributed by atoms with Crippen LogP contribution in [0.1, 0.15) is 24.1 Å². The minimum atomic E-state index is -1.18. The van der Waals surface area contributed by atoms with Crippen molar-refractivity contribution in [3.05, 3.63) is 28.5 Å². The van der Waals surface area contributed by atoms with Gasteiger partial charge in [-0.05, 0) is 13.0 Å². The number of nitriles is 2. The second kappa shape index (κ2) is 5.83. The summed E-state index contributed by atoms with van der Waals surface area (Å²) in [6.07, 6.45) is 1.28. The molecular formula is C11H8ClN3O2. The average Bonchev–Trinajstić information content (AvgIpc) is 2.31. The van der Waals surface area contributed by atoms with Crippen LogP contribution < -0.4 is 0 Å². The lowest BCUT2D eigenvalue weighted by atomic mass is 9.99. The van der Waals surface area contributed by atoms with Gasteiger partial charge in [-0.2, -0.15) is 10.5 Å². The Balaban J connectivity index is 3.21. The van der Waals surface area contributed by atoms with Gasteiger partial charge in [0.2, 0.25) is 0 Å². The molecule has 17 heavy (non-hydrogen) atoms. The fraction of sp³-hybridized carbons (Fsp3) is 0.273. The Labute approximate surface area is 103 Å². The second-order valence-corrected chi connectivity index (χ2v) is 3.45. The van der Waals surface area contributed by atoms with Crippen molar-refractivity contribution in [1.82, 2.24) is 4.98 Å². The number of halogens is 1. The first-order chi connectivity index (χ1) is 8.13. The van der Waals surface area contributed by atoms with E-state index in [-0.39, 0.29) is 22.9 Å². The molecule has 1 atom stereocenters. The van der Waals surface area contributed by atoms with Crippen LogP contribution in [0.25, 0.3) is 0 Å². The first kappa shape index (κ1) is 13.0. The van der Waals surface area contributed by atoms with Gasteiger partial charge in [0.1, 0.15) is 11.8 Å². The number of ether oxygens (including phenoxy) is 1. The summed E-state index contributed by atoms with van der Waals surface area (Å²) in [5.74, 6) is -1.90. The Bertz CT molecular complexity index is 516. The van der Waals surface area contributed by atoms with Crippen LogP contribution in [0.5, 0.6) is 0 Å². The van der Waals surface area contributed by atoms with Crippen molar-refractivity contribution in [3.63, 3.8) is 0 Å². The third kappa shape index (κ3) is 2.93. The zero-order chi connectivity index (χ0) is 12.8. The van der Waals surface area contributed by atoms with E-state index in [1.54, 1.807) is 19.1 Å². The van der Waals surface area contributed by atoms with E-state index < -0.39 is 11.9 Å². The number of nitrogens with zero attached hydrogens (tertiary/aromatic N) is 3. The minimum absolute atomic E-state index is 0.00555.